The van der Waals surface area contributed by atoms with Crippen molar-refractivity contribution in [3.8, 4) is 0 Å². The van der Waals surface area contributed by atoms with Crippen LogP contribution in [0.1, 0.15) is 73.1 Å². The zero-order valence-corrected chi connectivity index (χ0v) is 22.1. The number of carbonyl (C=O) groups is 1. The molecule has 0 aromatic heterocycles. The molecule has 202 valence electrons. The first-order valence-electron chi connectivity index (χ1n) is 13.9. The molecule has 5 N–H and O–H groups in total. The van der Waals surface area contributed by atoms with Gasteiger partial charge in [0, 0.05) is 6.61 Å². The predicted molar refractivity (Wildman–Crippen MR) is 131 cm³/mol. The van der Waals surface area contributed by atoms with Crippen molar-refractivity contribution in [2.45, 2.75) is 97.6 Å². The molecule has 7 heteroatoms. The predicted octanol–water partition coefficient (Wildman–Crippen LogP) is 2.36. The van der Waals surface area contributed by atoms with Gasteiger partial charge in [0.2, 0.25) is 0 Å². The van der Waals surface area contributed by atoms with Crippen LogP contribution < -0.4 is 0 Å². The Hall–Kier alpha value is -0.730. The fourth-order valence-electron chi connectivity index (χ4n) is 9.06. The van der Waals surface area contributed by atoms with Gasteiger partial charge in [0.25, 0.3) is 0 Å². The number of cyclic esters (lactones) is 1. The number of carbonyl (C=O) groups excluding carboxylic acids is 1. The van der Waals surface area contributed by atoms with Gasteiger partial charge in [0.15, 0.2) is 0 Å². The molecule has 0 aromatic rings. The standard InChI is InChI=1S/C28H48O7/c1-14(12-29)15(2)24(32)25(33)16(3)18-6-7-19-17-13-35-26(34)21-10-22(30)23(31)11-28(21,5)20(17)8-9-27(18,19)4/h14-25,29-33H,6-13H2,1-5H3/t14?,15-,16-,17-,18+,19-,20-,21+,22-,23+,24+,25+,27+,28+/m0/s1. The largest absolute Gasteiger partial charge is 0.465 e. The molecule has 1 unspecified atom stereocenters. The van der Waals surface area contributed by atoms with Gasteiger partial charge in [-0.25, -0.2) is 0 Å². The highest BCUT2D eigenvalue weighted by atomic mass is 16.5. The number of aliphatic hydroxyl groups excluding tert-OH is 5. The van der Waals surface area contributed by atoms with Gasteiger partial charge in [-0.1, -0.05) is 34.6 Å². The maximum Gasteiger partial charge on any atom is 0.309 e. The Kier molecular flexibility index (Phi) is 7.70. The third-order valence-corrected chi connectivity index (χ3v) is 11.7. The molecule has 0 amide bonds. The molecule has 1 saturated heterocycles. The SMILES string of the molecule is CC(CO)[C@H](C)[C@@H](O)[C@H](O)[C@@H](C)[C@H]1CC[C@H]2[C@@H]3COC(=O)[C@H]4C[C@H](O)[C@H](O)C[C@]4(C)[C@H]3CC[C@]12C. The second kappa shape index (κ2) is 9.86. The number of hydrogen-bond donors (Lipinski definition) is 5. The summed E-state index contributed by atoms with van der Waals surface area (Å²) in [5.74, 6) is 0.0316. The highest BCUT2D eigenvalue weighted by Gasteiger charge is 2.63. The van der Waals surface area contributed by atoms with E-state index < -0.39 is 29.8 Å². The third-order valence-electron chi connectivity index (χ3n) is 11.7. The molecule has 1 aliphatic heterocycles. The Bertz CT molecular complexity index is 774. The summed E-state index contributed by atoms with van der Waals surface area (Å²) in [6, 6.07) is 0. The van der Waals surface area contributed by atoms with Gasteiger partial charge < -0.3 is 30.3 Å². The number of fused-ring (bicyclic) bond motifs is 5. The van der Waals surface area contributed by atoms with E-state index in [1.807, 2.05) is 13.8 Å². The fraction of sp³-hybridized carbons (Fsp3) is 0.964. The van der Waals surface area contributed by atoms with Gasteiger partial charge >= 0.3 is 5.97 Å². The Morgan fingerprint density at radius 1 is 0.971 bits per heavy atom. The number of hydrogen-bond acceptors (Lipinski definition) is 7. The molecule has 35 heavy (non-hydrogen) atoms. The van der Waals surface area contributed by atoms with Crippen LogP contribution in [0.4, 0.5) is 0 Å². The minimum Gasteiger partial charge on any atom is -0.465 e. The number of aliphatic hydroxyl groups is 5. The van der Waals surface area contributed by atoms with Crippen LogP contribution in [0.15, 0.2) is 0 Å². The fourth-order valence-corrected chi connectivity index (χ4v) is 9.06. The van der Waals surface area contributed by atoms with Crippen molar-refractivity contribution in [3.05, 3.63) is 0 Å². The van der Waals surface area contributed by atoms with Crippen LogP contribution in [0.3, 0.4) is 0 Å². The topological polar surface area (TPSA) is 127 Å². The molecule has 4 fully saturated rings. The summed E-state index contributed by atoms with van der Waals surface area (Å²) in [6.45, 7) is 10.7. The molecule has 0 radical (unpaired) electrons. The van der Waals surface area contributed by atoms with Crippen molar-refractivity contribution < 1.29 is 35.1 Å². The summed E-state index contributed by atoms with van der Waals surface area (Å²) in [5.41, 5.74) is -0.421. The lowest BCUT2D eigenvalue weighted by molar-refractivity contribution is -0.162. The zero-order chi connectivity index (χ0) is 25.9. The first kappa shape index (κ1) is 27.3. The van der Waals surface area contributed by atoms with E-state index >= 15 is 0 Å². The van der Waals surface area contributed by atoms with Crippen molar-refractivity contribution in [1.29, 1.82) is 0 Å². The van der Waals surface area contributed by atoms with Crippen LogP contribution in [0.2, 0.25) is 0 Å². The van der Waals surface area contributed by atoms with Gasteiger partial charge in [0.1, 0.15) is 0 Å². The van der Waals surface area contributed by atoms with E-state index in [1.165, 1.54) is 0 Å². The molecule has 4 aliphatic rings. The van der Waals surface area contributed by atoms with E-state index in [0.717, 1.165) is 25.7 Å². The maximum atomic E-state index is 13.0. The molecule has 0 aromatic carbocycles. The average Bonchev–Trinajstić information content (AvgIpc) is 3.14. The molecule has 4 rings (SSSR count). The maximum absolute atomic E-state index is 13.0. The van der Waals surface area contributed by atoms with Gasteiger partial charge in [-0.2, -0.15) is 0 Å². The summed E-state index contributed by atoms with van der Waals surface area (Å²) < 4.78 is 5.85. The van der Waals surface area contributed by atoms with Crippen LogP contribution in [-0.2, 0) is 9.53 Å². The van der Waals surface area contributed by atoms with E-state index in [-0.39, 0.29) is 65.8 Å². The highest BCUT2D eigenvalue weighted by molar-refractivity contribution is 5.74. The lowest BCUT2D eigenvalue weighted by Crippen LogP contribution is -2.55. The smallest absolute Gasteiger partial charge is 0.309 e. The van der Waals surface area contributed by atoms with Gasteiger partial charge in [0.05, 0.1) is 36.9 Å². The molecule has 3 saturated carbocycles. The molecule has 7 nitrogen and oxygen atoms in total. The molecule has 1 heterocycles. The van der Waals surface area contributed by atoms with Crippen LogP contribution in [-0.4, -0.2) is 69.1 Å². The van der Waals surface area contributed by atoms with Crippen molar-refractivity contribution in [2.24, 2.45) is 58.2 Å². The van der Waals surface area contributed by atoms with Crippen molar-refractivity contribution >= 4 is 5.97 Å². The molecule has 0 bridgehead atoms. The Morgan fingerprint density at radius 3 is 2.29 bits per heavy atom. The van der Waals surface area contributed by atoms with E-state index in [1.54, 1.807) is 0 Å². The van der Waals surface area contributed by atoms with Crippen molar-refractivity contribution in [2.75, 3.05) is 13.2 Å². The lowest BCUT2D eigenvalue weighted by atomic mass is 9.48. The van der Waals surface area contributed by atoms with E-state index in [2.05, 4.69) is 20.8 Å². The first-order valence-corrected chi connectivity index (χ1v) is 13.9. The van der Waals surface area contributed by atoms with Crippen LogP contribution in [0.5, 0.6) is 0 Å². The van der Waals surface area contributed by atoms with Crippen molar-refractivity contribution in [1.82, 2.24) is 0 Å². The molecular formula is C28H48O7. The minimum atomic E-state index is -0.889. The normalized spacial score (nSPS) is 47.8. The van der Waals surface area contributed by atoms with E-state index in [0.29, 0.717) is 18.9 Å². The number of ether oxygens (including phenoxy) is 1. The minimum absolute atomic E-state index is 0.0180. The highest BCUT2D eigenvalue weighted by Crippen LogP contribution is 2.66. The zero-order valence-electron chi connectivity index (χ0n) is 22.1. The summed E-state index contributed by atoms with van der Waals surface area (Å²) in [7, 11) is 0. The molecular weight excluding hydrogens is 448 g/mol. The van der Waals surface area contributed by atoms with E-state index in [4.69, 9.17) is 4.74 Å². The van der Waals surface area contributed by atoms with E-state index in [9.17, 15) is 30.3 Å². The summed E-state index contributed by atoms with van der Waals surface area (Å²) in [6.07, 6.45) is 1.12. The molecule has 0 spiro atoms. The van der Waals surface area contributed by atoms with Crippen LogP contribution in [0, 0.1) is 58.2 Å². The van der Waals surface area contributed by atoms with Gasteiger partial charge in [-0.15, -0.1) is 0 Å². The monoisotopic (exact) mass is 496 g/mol. The lowest BCUT2D eigenvalue weighted by Gasteiger charge is -2.56. The molecule has 14 atom stereocenters. The summed E-state index contributed by atoms with van der Waals surface area (Å²) in [5, 5.41) is 52.4. The van der Waals surface area contributed by atoms with Gasteiger partial charge in [-0.05, 0) is 90.8 Å². The molecule has 3 aliphatic carbocycles. The first-order chi connectivity index (χ1) is 16.4. The van der Waals surface area contributed by atoms with Crippen molar-refractivity contribution in [3.63, 3.8) is 0 Å². The van der Waals surface area contributed by atoms with Crippen LogP contribution >= 0.6 is 0 Å². The Morgan fingerprint density at radius 2 is 1.63 bits per heavy atom. The number of esters is 1. The summed E-state index contributed by atoms with van der Waals surface area (Å²) >= 11 is 0. The van der Waals surface area contributed by atoms with Gasteiger partial charge in [-0.3, -0.25) is 4.79 Å². The second-order valence-electron chi connectivity index (χ2n) is 13.2. The number of rotatable bonds is 6. The average molecular weight is 497 g/mol. The Balaban J connectivity index is 1.56. The second-order valence-corrected chi connectivity index (χ2v) is 13.2. The summed E-state index contributed by atoms with van der Waals surface area (Å²) in [4.78, 5) is 13.0. The quantitative estimate of drug-likeness (QED) is 0.357. The van der Waals surface area contributed by atoms with Crippen LogP contribution in [0.25, 0.3) is 0 Å². The third kappa shape index (κ3) is 4.37. The Labute approximate surface area is 210 Å².